The first-order chi connectivity index (χ1) is 10.0. The molecule has 21 heavy (non-hydrogen) atoms. The molecule has 0 bridgehead atoms. The number of phenolic OH excluding ortho intramolecular Hbond substituents is 2. The molecule has 0 aliphatic rings. The number of carboxylic acids is 1. The van der Waals surface area contributed by atoms with Crippen LogP contribution in [0.4, 0.5) is 0 Å². The van der Waals surface area contributed by atoms with E-state index in [1.165, 1.54) is 12.1 Å². The third kappa shape index (κ3) is 4.50. The molecule has 0 radical (unpaired) electrons. The van der Waals surface area contributed by atoms with Crippen molar-refractivity contribution in [1.29, 1.82) is 0 Å². The molecular weight excluding hydrogens is 270 g/mol. The maximum atomic E-state index is 11.3. The molecule has 2 aromatic carbocycles. The van der Waals surface area contributed by atoms with Gasteiger partial charge in [-0.05, 0) is 41.8 Å². The minimum Gasteiger partial charge on any atom is -0.508 e. The Balaban J connectivity index is 1.99. The summed E-state index contributed by atoms with van der Waals surface area (Å²) in [4.78, 5) is 11.3. The van der Waals surface area contributed by atoms with E-state index in [-0.39, 0.29) is 11.5 Å². The average molecular weight is 287 g/mol. The van der Waals surface area contributed by atoms with E-state index in [1.54, 1.807) is 30.3 Å². The first-order valence-electron chi connectivity index (χ1n) is 6.56. The van der Waals surface area contributed by atoms with Crippen molar-refractivity contribution in [3.63, 3.8) is 0 Å². The van der Waals surface area contributed by atoms with E-state index >= 15 is 0 Å². The molecule has 0 saturated heterocycles. The fourth-order valence-electron chi connectivity index (χ4n) is 2.02. The van der Waals surface area contributed by atoms with Crippen LogP contribution in [0.25, 0.3) is 0 Å². The topological polar surface area (TPSA) is 89.8 Å². The summed E-state index contributed by atoms with van der Waals surface area (Å²) in [5.41, 5.74) is 1.63. The molecule has 0 aliphatic carbocycles. The molecule has 2 rings (SSSR count). The molecule has 110 valence electrons. The lowest BCUT2D eigenvalue weighted by Gasteiger charge is -2.15. The monoisotopic (exact) mass is 287 g/mol. The number of benzene rings is 2. The van der Waals surface area contributed by atoms with Gasteiger partial charge in [0.2, 0.25) is 0 Å². The van der Waals surface area contributed by atoms with Crippen molar-refractivity contribution < 1.29 is 20.1 Å². The van der Waals surface area contributed by atoms with Crippen molar-refractivity contribution in [2.45, 2.75) is 19.0 Å². The smallest absolute Gasteiger partial charge is 0.321 e. The minimum atomic E-state index is -0.941. The maximum absolute atomic E-state index is 11.3. The third-order valence-electron chi connectivity index (χ3n) is 3.14. The number of hydrogen-bond donors (Lipinski definition) is 4. The summed E-state index contributed by atoms with van der Waals surface area (Å²) in [5.74, 6) is -0.638. The van der Waals surface area contributed by atoms with Gasteiger partial charge in [0.05, 0.1) is 0 Å². The molecule has 0 heterocycles. The Morgan fingerprint density at radius 1 is 1.00 bits per heavy atom. The van der Waals surface area contributed by atoms with Crippen molar-refractivity contribution in [3.8, 4) is 11.5 Å². The predicted molar refractivity (Wildman–Crippen MR) is 78.2 cm³/mol. The molecule has 1 atom stereocenters. The normalized spacial score (nSPS) is 12.0. The molecular formula is C16H17NO4. The van der Waals surface area contributed by atoms with E-state index in [2.05, 4.69) is 5.32 Å². The number of nitrogens with one attached hydrogen (secondary N) is 1. The Labute approximate surface area is 122 Å². The molecule has 0 saturated carbocycles. The highest BCUT2D eigenvalue weighted by atomic mass is 16.4. The highest BCUT2D eigenvalue weighted by molar-refractivity contribution is 5.73. The Hall–Kier alpha value is -2.53. The van der Waals surface area contributed by atoms with Crippen LogP contribution in [0.5, 0.6) is 11.5 Å². The number of aromatic hydroxyl groups is 2. The summed E-state index contributed by atoms with van der Waals surface area (Å²) in [7, 11) is 0. The van der Waals surface area contributed by atoms with Crippen LogP contribution in [0.1, 0.15) is 11.1 Å². The van der Waals surface area contributed by atoms with E-state index in [9.17, 15) is 20.1 Å². The van der Waals surface area contributed by atoms with Crippen LogP contribution in [0.15, 0.2) is 48.5 Å². The second-order valence-corrected chi connectivity index (χ2v) is 4.81. The van der Waals surface area contributed by atoms with Crippen molar-refractivity contribution in [3.05, 3.63) is 59.7 Å². The lowest BCUT2D eigenvalue weighted by Crippen LogP contribution is -2.38. The summed E-state index contributed by atoms with van der Waals surface area (Å²) < 4.78 is 0. The molecule has 0 aliphatic heterocycles. The number of carbonyl (C=O) groups is 1. The van der Waals surface area contributed by atoms with Crippen molar-refractivity contribution in [2.24, 2.45) is 0 Å². The van der Waals surface area contributed by atoms with Gasteiger partial charge in [-0.1, -0.05) is 24.3 Å². The van der Waals surface area contributed by atoms with Gasteiger partial charge in [-0.3, -0.25) is 4.79 Å². The molecule has 0 aromatic heterocycles. The quantitative estimate of drug-likeness (QED) is 0.651. The molecule has 4 N–H and O–H groups in total. The molecule has 5 nitrogen and oxygen atoms in total. The standard InChI is InChI=1S/C16H17NO4/c18-13-6-4-11(5-7-13)9-15(16(20)21)17-10-12-2-1-3-14(19)8-12/h1-8,15,17-19H,9-10H2,(H,20,21). The zero-order valence-electron chi connectivity index (χ0n) is 11.4. The van der Waals surface area contributed by atoms with Crippen LogP contribution in [0.2, 0.25) is 0 Å². The Bertz CT molecular complexity index is 610. The SMILES string of the molecule is O=C(O)C(Cc1ccc(O)cc1)NCc1cccc(O)c1. The van der Waals surface area contributed by atoms with Crippen LogP contribution in [0.3, 0.4) is 0 Å². The Kier molecular flexibility index (Phi) is 4.79. The first-order valence-corrected chi connectivity index (χ1v) is 6.56. The van der Waals surface area contributed by atoms with E-state index in [0.29, 0.717) is 13.0 Å². The predicted octanol–water partition coefficient (Wildman–Crippen LogP) is 1.88. The second-order valence-electron chi connectivity index (χ2n) is 4.81. The highest BCUT2D eigenvalue weighted by Gasteiger charge is 2.17. The van der Waals surface area contributed by atoms with Crippen LogP contribution in [-0.4, -0.2) is 27.3 Å². The van der Waals surface area contributed by atoms with E-state index < -0.39 is 12.0 Å². The molecule has 0 spiro atoms. The molecule has 1 unspecified atom stereocenters. The van der Waals surface area contributed by atoms with Crippen LogP contribution in [-0.2, 0) is 17.8 Å². The number of phenols is 2. The van der Waals surface area contributed by atoms with Gasteiger partial charge in [-0.15, -0.1) is 0 Å². The number of aliphatic carboxylic acids is 1. The summed E-state index contributed by atoms with van der Waals surface area (Å²) in [5, 5.41) is 30.8. The lowest BCUT2D eigenvalue weighted by atomic mass is 10.1. The summed E-state index contributed by atoms with van der Waals surface area (Å²) in [6, 6.07) is 12.4. The molecule has 2 aromatic rings. The highest BCUT2D eigenvalue weighted by Crippen LogP contribution is 2.13. The Morgan fingerprint density at radius 2 is 1.71 bits per heavy atom. The van der Waals surface area contributed by atoms with Gasteiger partial charge in [-0.2, -0.15) is 0 Å². The second kappa shape index (κ2) is 6.76. The van der Waals surface area contributed by atoms with Crippen molar-refractivity contribution in [2.75, 3.05) is 0 Å². The summed E-state index contributed by atoms with van der Waals surface area (Å²) in [6.45, 7) is 0.351. The number of hydrogen-bond acceptors (Lipinski definition) is 4. The van der Waals surface area contributed by atoms with Gasteiger partial charge in [0, 0.05) is 6.54 Å². The Morgan fingerprint density at radius 3 is 2.33 bits per heavy atom. The van der Waals surface area contributed by atoms with Gasteiger partial charge in [0.25, 0.3) is 0 Å². The van der Waals surface area contributed by atoms with Crippen LogP contribution >= 0.6 is 0 Å². The van der Waals surface area contributed by atoms with Gasteiger partial charge in [0.1, 0.15) is 17.5 Å². The summed E-state index contributed by atoms with van der Waals surface area (Å²) in [6.07, 6.45) is 0.314. The zero-order chi connectivity index (χ0) is 15.2. The molecule has 0 amide bonds. The maximum Gasteiger partial charge on any atom is 0.321 e. The van der Waals surface area contributed by atoms with E-state index in [1.807, 2.05) is 6.07 Å². The van der Waals surface area contributed by atoms with Gasteiger partial charge < -0.3 is 20.6 Å². The first kappa shape index (κ1) is 14.9. The molecule has 0 fully saturated rings. The number of rotatable bonds is 6. The van der Waals surface area contributed by atoms with E-state index in [4.69, 9.17) is 0 Å². The largest absolute Gasteiger partial charge is 0.508 e. The van der Waals surface area contributed by atoms with Crippen LogP contribution < -0.4 is 5.32 Å². The summed E-state index contributed by atoms with van der Waals surface area (Å²) >= 11 is 0. The minimum absolute atomic E-state index is 0.151. The lowest BCUT2D eigenvalue weighted by molar-refractivity contribution is -0.139. The average Bonchev–Trinajstić information content (AvgIpc) is 2.45. The van der Waals surface area contributed by atoms with Gasteiger partial charge >= 0.3 is 5.97 Å². The van der Waals surface area contributed by atoms with E-state index in [0.717, 1.165) is 11.1 Å². The van der Waals surface area contributed by atoms with Gasteiger partial charge in [-0.25, -0.2) is 0 Å². The van der Waals surface area contributed by atoms with Crippen molar-refractivity contribution in [1.82, 2.24) is 5.32 Å². The number of carboxylic acid groups (broad SMARTS) is 1. The van der Waals surface area contributed by atoms with Gasteiger partial charge in [0.15, 0.2) is 0 Å². The fourth-order valence-corrected chi connectivity index (χ4v) is 2.02. The van der Waals surface area contributed by atoms with Crippen molar-refractivity contribution >= 4 is 5.97 Å². The van der Waals surface area contributed by atoms with Crippen LogP contribution in [0, 0.1) is 0 Å². The fraction of sp³-hybridized carbons (Fsp3) is 0.188. The zero-order valence-corrected chi connectivity index (χ0v) is 11.4. The molecule has 5 heteroatoms. The third-order valence-corrected chi connectivity index (χ3v) is 3.14.